The summed E-state index contributed by atoms with van der Waals surface area (Å²) < 4.78 is 0. The molecule has 0 amide bonds. The van der Waals surface area contributed by atoms with Crippen molar-refractivity contribution in [2.24, 2.45) is 0 Å². The maximum Gasteiger partial charge on any atom is 0.339 e. The van der Waals surface area contributed by atoms with Gasteiger partial charge in [0.2, 0.25) is 0 Å². The van der Waals surface area contributed by atoms with E-state index in [2.05, 4.69) is 10.2 Å². The summed E-state index contributed by atoms with van der Waals surface area (Å²) in [6.07, 6.45) is 1.22. The molecular weight excluding hydrogens is 208 g/mol. The lowest BCUT2D eigenvalue weighted by Gasteiger charge is -2.04. The first kappa shape index (κ1) is 10.2. The Labute approximate surface area is 91.4 Å². The molecule has 2 aromatic rings. The van der Waals surface area contributed by atoms with Gasteiger partial charge in [-0.1, -0.05) is 6.07 Å². The monoisotopic (exact) mass is 218 g/mol. The number of nitrogens with zero attached hydrogens (tertiary/aromatic N) is 1. The van der Waals surface area contributed by atoms with E-state index in [-0.39, 0.29) is 11.3 Å². The van der Waals surface area contributed by atoms with Gasteiger partial charge in [-0.3, -0.25) is 5.10 Å². The molecule has 3 N–H and O–H groups in total. The van der Waals surface area contributed by atoms with Crippen molar-refractivity contribution in [1.29, 1.82) is 0 Å². The van der Waals surface area contributed by atoms with E-state index in [1.165, 1.54) is 6.20 Å². The van der Waals surface area contributed by atoms with E-state index in [1.54, 1.807) is 18.2 Å². The molecule has 0 aliphatic rings. The smallest absolute Gasteiger partial charge is 0.339 e. The number of phenolic OH excluding ortho intramolecular Hbond substituents is 1. The lowest BCUT2D eigenvalue weighted by atomic mass is 10.1. The van der Waals surface area contributed by atoms with Crippen LogP contribution in [-0.4, -0.2) is 26.4 Å². The van der Waals surface area contributed by atoms with Crippen LogP contribution in [-0.2, 0) is 0 Å². The van der Waals surface area contributed by atoms with Gasteiger partial charge in [0.05, 0.1) is 11.9 Å². The molecule has 0 aliphatic heterocycles. The number of aromatic amines is 1. The zero-order chi connectivity index (χ0) is 11.7. The van der Waals surface area contributed by atoms with Crippen LogP contribution in [0.3, 0.4) is 0 Å². The fraction of sp³-hybridized carbons (Fsp3) is 0.0909. The normalized spacial score (nSPS) is 10.3. The predicted octanol–water partition coefficient (Wildman–Crippen LogP) is 1.79. The molecule has 0 atom stereocenters. The SMILES string of the molecule is Cc1ccc(-c2[nH]ncc2C(=O)O)c(O)c1. The number of carboxylic acid groups (broad SMARTS) is 1. The number of H-pyrrole nitrogens is 1. The molecule has 0 bridgehead atoms. The molecule has 5 heteroatoms. The van der Waals surface area contributed by atoms with Crippen LogP contribution in [0.2, 0.25) is 0 Å². The minimum absolute atomic E-state index is 0.0340. The number of phenols is 1. The largest absolute Gasteiger partial charge is 0.507 e. The van der Waals surface area contributed by atoms with Gasteiger partial charge in [0.25, 0.3) is 0 Å². The second kappa shape index (κ2) is 3.69. The van der Waals surface area contributed by atoms with Crippen molar-refractivity contribution in [2.75, 3.05) is 0 Å². The molecule has 2 rings (SSSR count). The first-order valence-electron chi connectivity index (χ1n) is 4.66. The minimum Gasteiger partial charge on any atom is -0.507 e. The highest BCUT2D eigenvalue weighted by Crippen LogP contribution is 2.30. The number of rotatable bonds is 2. The highest BCUT2D eigenvalue weighted by Gasteiger charge is 2.16. The third-order valence-electron chi connectivity index (χ3n) is 2.29. The first-order chi connectivity index (χ1) is 7.59. The van der Waals surface area contributed by atoms with Gasteiger partial charge >= 0.3 is 5.97 Å². The van der Waals surface area contributed by atoms with E-state index in [9.17, 15) is 9.90 Å². The van der Waals surface area contributed by atoms with Gasteiger partial charge in [-0.15, -0.1) is 0 Å². The van der Waals surface area contributed by atoms with Gasteiger partial charge < -0.3 is 10.2 Å². The molecule has 1 aromatic heterocycles. The van der Waals surface area contributed by atoms with Crippen LogP contribution in [0.5, 0.6) is 5.75 Å². The van der Waals surface area contributed by atoms with Crippen molar-refractivity contribution in [3.05, 3.63) is 35.5 Å². The van der Waals surface area contributed by atoms with Crippen molar-refractivity contribution >= 4 is 5.97 Å². The van der Waals surface area contributed by atoms with Gasteiger partial charge in [-0.2, -0.15) is 5.10 Å². The van der Waals surface area contributed by atoms with Gasteiger partial charge in [0.15, 0.2) is 0 Å². The standard InChI is InChI=1S/C11H10N2O3/c1-6-2-3-7(9(14)4-6)10-8(11(15)16)5-12-13-10/h2-5,14H,1H3,(H,12,13)(H,15,16). The summed E-state index contributed by atoms with van der Waals surface area (Å²) in [5, 5.41) is 24.9. The van der Waals surface area contributed by atoms with Crippen LogP contribution in [0.1, 0.15) is 15.9 Å². The predicted molar refractivity (Wildman–Crippen MR) is 57.4 cm³/mol. The number of aryl methyl sites for hydroxylation is 1. The maximum absolute atomic E-state index is 10.9. The number of aromatic hydroxyl groups is 1. The van der Waals surface area contributed by atoms with Crippen LogP contribution in [0, 0.1) is 6.92 Å². The average Bonchev–Trinajstić information content (AvgIpc) is 2.66. The minimum atomic E-state index is -1.08. The number of hydrogen-bond donors (Lipinski definition) is 3. The molecule has 16 heavy (non-hydrogen) atoms. The highest BCUT2D eigenvalue weighted by atomic mass is 16.4. The Morgan fingerprint density at radius 2 is 2.19 bits per heavy atom. The Balaban J connectivity index is 2.59. The number of aromatic carboxylic acids is 1. The third-order valence-corrected chi connectivity index (χ3v) is 2.29. The Bertz CT molecular complexity index is 546. The van der Waals surface area contributed by atoms with Crippen LogP contribution in [0.25, 0.3) is 11.3 Å². The molecule has 0 unspecified atom stereocenters. The summed E-state index contributed by atoms with van der Waals surface area (Å²) in [5.41, 5.74) is 1.68. The Morgan fingerprint density at radius 1 is 1.44 bits per heavy atom. The van der Waals surface area contributed by atoms with E-state index < -0.39 is 5.97 Å². The van der Waals surface area contributed by atoms with Crippen molar-refractivity contribution in [2.45, 2.75) is 6.92 Å². The third kappa shape index (κ3) is 1.63. The first-order valence-corrected chi connectivity index (χ1v) is 4.66. The summed E-state index contributed by atoms with van der Waals surface area (Å²) >= 11 is 0. The number of benzene rings is 1. The number of aromatic nitrogens is 2. The number of carboxylic acids is 1. The van der Waals surface area contributed by atoms with Gasteiger partial charge in [-0.25, -0.2) is 4.79 Å². The summed E-state index contributed by atoms with van der Waals surface area (Å²) in [4.78, 5) is 10.9. The van der Waals surface area contributed by atoms with E-state index in [1.807, 2.05) is 6.92 Å². The number of hydrogen-bond acceptors (Lipinski definition) is 3. The molecule has 0 fully saturated rings. The maximum atomic E-state index is 10.9. The summed E-state index contributed by atoms with van der Waals surface area (Å²) in [6, 6.07) is 5.02. The lowest BCUT2D eigenvalue weighted by Crippen LogP contribution is -1.96. The van der Waals surface area contributed by atoms with Crippen molar-refractivity contribution < 1.29 is 15.0 Å². The van der Waals surface area contributed by atoms with Crippen LogP contribution in [0.4, 0.5) is 0 Å². The topological polar surface area (TPSA) is 86.2 Å². The molecule has 0 saturated heterocycles. The second-order valence-electron chi connectivity index (χ2n) is 3.48. The highest BCUT2D eigenvalue weighted by molar-refractivity contribution is 5.95. The summed E-state index contributed by atoms with van der Waals surface area (Å²) in [5.74, 6) is -1.05. The molecule has 5 nitrogen and oxygen atoms in total. The Morgan fingerprint density at radius 3 is 2.81 bits per heavy atom. The zero-order valence-corrected chi connectivity index (χ0v) is 8.56. The van der Waals surface area contributed by atoms with E-state index in [0.29, 0.717) is 11.3 Å². The number of carbonyl (C=O) groups is 1. The van der Waals surface area contributed by atoms with Gasteiger partial charge in [0, 0.05) is 5.56 Å². The fourth-order valence-corrected chi connectivity index (χ4v) is 1.51. The second-order valence-corrected chi connectivity index (χ2v) is 3.48. The Hall–Kier alpha value is -2.30. The zero-order valence-electron chi connectivity index (χ0n) is 8.56. The number of nitrogens with one attached hydrogen (secondary N) is 1. The van der Waals surface area contributed by atoms with E-state index in [4.69, 9.17) is 5.11 Å². The molecule has 0 radical (unpaired) electrons. The fourth-order valence-electron chi connectivity index (χ4n) is 1.51. The van der Waals surface area contributed by atoms with Gasteiger partial charge in [-0.05, 0) is 24.6 Å². The van der Waals surface area contributed by atoms with Crippen molar-refractivity contribution in [1.82, 2.24) is 10.2 Å². The van der Waals surface area contributed by atoms with E-state index in [0.717, 1.165) is 5.56 Å². The van der Waals surface area contributed by atoms with Crippen LogP contribution in [0.15, 0.2) is 24.4 Å². The van der Waals surface area contributed by atoms with Gasteiger partial charge in [0.1, 0.15) is 11.3 Å². The average molecular weight is 218 g/mol. The van der Waals surface area contributed by atoms with Crippen LogP contribution < -0.4 is 0 Å². The molecule has 0 spiro atoms. The summed E-state index contributed by atoms with van der Waals surface area (Å²) in [7, 11) is 0. The summed E-state index contributed by atoms with van der Waals surface area (Å²) in [6.45, 7) is 1.84. The molecule has 0 aliphatic carbocycles. The molecule has 1 heterocycles. The van der Waals surface area contributed by atoms with Crippen molar-refractivity contribution in [3.63, 3.8) is 0 Å². The molecule has 0 saturated carbocycles. The quantitative estimate of drug-likeness (QED) is 0.717. The van der Waals surface area contributed by atoms with Crippen LogP contribution >= 0.6 is 0 Å². The molecule has 82 valence electrons. The Kier molecular flexibility index (Phi) is 2.36. The lowest BCUT2D eigenvalue weighted by molar-refractivity contribution is 0.0698. The van der Waals surface area contributed by atoms with E-state index >= 15 is 0 Å². The van der Waals surface area contributed by atoms with Crippen molar-refractivity contribution in [3.8, 4) is 17.0 Å². The molecule has 1 aromatic carbocycles. The molecular formula is C11H10N2O3.